The third-order valence-corrected chi connectivity index (χ3v) is 5.24. The van der Waals surface area contributed by atoms with Gasteiger partial charge in [-0.25, -0.2) is 0 Å². The lowest BCUT2D eigenvalue weighted by Crippen LogP contribution is -2.53. The van der Waals surface area contributed by atoms with E-state index in [4.69, 9.17) is 4.52 Å². The van der Waals surface area contributed by atoms with Crippen molar-refractivity contribution in [2.75, 3.05) is 32.7 Å². The van der Waals surface area contributed by atoms with Crippen LogP contribution in [-0.4, -0.2) is 70.4 Å². The molecule has 0 bridgehead atoms. The van der Waals surface area contributed by atoms with Crippen LogP contribution in [0.2, 0.25) is 0 Å². The Bertz CT molecular complexity index is 1080. The lowest BCUT2D eigenvalue weighted by Gasteiger charge is -2.34. The van der Waals surface area contributed by atoms with Gasteiger partial charge in [-0.15, -0.1) is 0 Å². The summed E-state index contributed by atoms with van der Waals surface area (Å²) >= 11 is 0. The fourth-order valence-electron chi connectivity index (χ4n) is 3.45. The van der Waals surface area contributed by atoms with E-state index in [2.05, 4.69) is 15.5 Å². The van der Waals surface area contributed by atoms with Gasteiger partial charge in [0.1, 0.15) is 0 Å². The van der Waals surface area contributed by atoms with Gasteiger partial charge in [-0.05, 0) is 12.1 Å². The minimum absolute atomic E-state index is 0.00986. The number of benzene rings is 1. The van der Waals surface area contributed by atoms with Gasteiger partial charge >= 0.3 is 0 Å². The summed E-state index contributed by atoms with van der Waals surface area (Å²) in [5.74, 6) is -0.215. The Kier molecular flexibility index (Phi) is 6.54. The smallest absolute Gasteiger partial charge is 0.273 e. The van der Waals surface area contributed by atoms with Gasteiger partial charge in [0.05, 0.1) is 13.0 Å². The number of nitrogens with one attached hydrogen (secondary N) is 1. The number of hydrogen-bond donors (Lipinski definition) is 1. The molecule has 4 rings (SSSR count). The molecule has 0 atom stereocenters. The van der Waals surface area contributed by atoms with Gasteiger partial charge in [-0.2, -0.15) is 0 Å². The highest BCUT2D eigenvalue weighted by atomic mass is 16.5. The molecule has 1 aromatic carbocycles. The van der Waals surface area contributed by atoms with Gasteiger partial charge in [-0.3, -0.25) is 19.4 Å². The van der Waals surface area contributed by atoms with Crippen molar-refractivity contribution >= 4 is 17.7 Å². The molecule has 1 aliphatic rings. The van der Waals surface area contributed by atoms with Crippen molar-refractivity contribution in [2.24, 2.45) is 0 Å². The topological polar surface area (TPSA) is 109 Å². The summed E-state index contributed by atoms with van der Waals surface area (Å²) in [6.45, 7) is 1.61. The minimum atomic E-state index is -0.478. The summed E-state index contributed by atoms with van der Waals surface area (Å²) in [6.07, 6.45) is 1.91. The Morgan fingerprint density at radius 3 is 2.28 bits per heavy atom. The maximum atomic E-state index is 12.5. The van der Waals surface area contributed by atoms with Crippen LogP contribution in [0.4, 0.5) is 0 Å². The van der Waals surface area contributed by atoms with Crippen molar-refractivity contribution in [3.63, 3.8) is 0 Å². The number of piperazine rings is 1. The Hall–Kier alpha value is -4.01. The van der Waals surface area contributed by atoms with Crippen LogP contribution in [0.3, 0.4) is 0 Å². The number of aromatic nitrogens is 2. The summed E-state index contributed by atoms with van der Waals surface area (Å²) < 4.78 is 5.22. The van der Waals surface area contributed by atoms with Crippen LogP contribution >= 0.6 is 0 Å². The van der Waals surface area contributed by atoms with Crippen molar-refractivity contribution in [3.8, 4) is 11.3 Å². The van der Waals surface area contributed by atoms with E-state index in [-0.39, 0.29) is 30.5 Å². The third-order valence-electron chi connectivity index (χ3n) is 5.24. The largest absolute Gasteiger partial charge is 0.355 e. The molecule has 0 unspecified atom stereocenters. The van der Waals surface area contributed by atoms with Crippen molar-refractivity contribution in [1.29, 1.82) is 0 Å². The molecule has 9 heteroatoms. The van der Waals surface area contributed by atoms with Crippen LogP contribution in [0.25, 0.3) is 11.3 Å². The van der Waals surface area contributed by atoms with Crippen molar-refractivity contribution in [3.05, 3.63) is 72.2 Å². The SMILES string of the molecule is O=C(NCC(=O)N1CCN(C(=O)Cc2ccccn2)CC1)c1cc(-c2ccccc2)on1. The van der Waals surface area contributed by atoms with Crippen LogP contribution in [0.1, 0.15) is 16.2 Å². The van der Waals surface area contributed by atoms with Gasteiger partial charge in [0, 0.05) is 49.7 Å². The summed E-state index contributed by atoms with van der Waals surface area (Å²) in [5.41, 5.74) is 1.65. The number of rotatable bonds is 6. The second kappa shape index (κ2) is 9.86. The average molecular weight is 433 g/mol. The monoisotopic (exact) mass is 433 g/mol. The van der Waals surface area contributed by atoms with Gasteiger partial charge in [0.2, 0.25) is 11.8 Å². The zero-order valence-corrected chi connectivity index (χ0v) is 17.4. The molecule has 9 nitrogen and oxygen atoms in total. The normalized spacial score (nSPS) is 13.6. The second-order valence-electron chi connectivity index (χ2n) is 7.38. The van der Waals surface area contributed by atoms with Gasteiger partial charge in [0.25, 0.3) is 5.91 Å². The van der Waals surface area contributed by atoms with E-state index in [1.807, 2.05) is 48.5 Å². The summed E-state index contributed by atoms with van der Waals surface area (Å²) in [7, 11) is 0. The molecule has 1 saturated heterocycles. The van der Waals surface area contributed by atoms with Crippen LogP contribution in [0, 0.1) is 0 Å². The fraction of sp³-hybridized carbons (Fsp3) is 0.261. The summed E-state index contributed by atoms with van der Waals surface area (Å²) in [5, 5.41) is 6.37. The van der Waals surface area contributed by atoms with E-state index in [9.17, 15) is 14.4 Å². The number of hydrogen-bond acceptors (Lipinski definition) is 6. The fourth-order valence-corrected chi connectivity index (χ4v) is 3.45. The Morgan fingerprint density at radius 1 is 0.906 bits per heavy atom. The summed E-state index contributed by atoms with van der Waals surface area (Å²) in [6, 6.07) is 16.3. The van der Waals surface area contributed by atoms with E-state index < -0.39 is 5.91 Å². The molecule has 164 valence electrons. The Labute approximate surface area is 185 Å². The molecule has 2 aromatic heterocycles. The standard InChI is InChI=1S/C23H23N5O4/c29-21(14-18-8-4-5-9-24-18)27-10-12-28(13-11-27)22(30)16-25-23(31)19-15-20(32-26-19)17-6-2-1-3-7-17/h1-9,15H,10-14,16H2,(H,25,31). The molecule has 3 amide bonds. The molecular weight excluding hydrogens is 410 g/mol. The Balaban J connectivity index is 1.23. The molecule has 32 heavy (non-hydrogen) atoms. The molecule has 0 spiro atoms. The van der Waals surface area contributed by atoms with Gasteiger partial charge in [-0.1, -0.05) is 41.6 Å². The first-order chi connectivity index (χ1) is 15.6. The zero-order chi connectivity index (χ0) is 22.3. The maximum absolute atomic E-state index is 12.5. The molecule has 0 radical (unpaired) electrons. The first-order valence-corrected chi connectivity index (χ1v) is 10.4. The Morgan fingerprint density at radius 2 is 1.59 bits per heavy atom. The van der Waals surface area contributed by atoms with Crippen LogP contribution in [0.5, 0.6) is 0 Å². The van der Waals surface area contributed by atoms with E-state index in [0.29, 0.717) is 31.9 Å². The number of amides is 3. The van der Waals surface area contributed by atoms with Crippen molar-refractivity contribution in [2.45, 2.75) is 6.42 Å². The molecular formula is C23H23N5O4. The molecule has 0 aliphatic carbocycles. The summed E-state index contributed by atoms with van der Waals surface area (Å²) in [4.78, 5) is 44.8. The third kappa shape index (κ3) is 5.18. The highest BCUT2D eigenvalue weighted by Gasteiger charge is 2.25. The quantitative estimate of drug-likeness (QED) is 0.629. The predicted molar refractivity (Wildman–Crippen MR) is 115 cm³/mol. The predicted octanol–water partition coefficient (Wildman–Crippen LogP) is 1.38. The second-order valence-corrected chi connectivity index (χ2v) is 7.38. The van der Waals surface area contributed by atoms with Crippen LogP contribution in [-0.2, 0) is 16.0 Å². The highest BCUT2D eigenvalue weighted by Crippen LogP contribution is 2.19. The molecule has 1 aliphatic heterocycles. The molecule has 3 aromatic rings. The van der Waals surface area contributed by atoms with Crippen LogP contribution in [0.15, 0.2) is 65.3 Å². The number of pyridine rings is 1. The molecule has 1 N–H and O–H groups in total. The first-order valence-electron chi connectivity index (χ1n) is 10.4. The minimum Gasteiger partial charge on any atom is -0.355 e. The van der Waals surface area contributed by atoms with Gasteiger partial charge < -0.3 is 19.6 Å². The van der Waals surface area contributed by atoms with Crippen LogP contribution < -0.4 is 5.32 Å². The first kappa shape index (κ1) is 21.2. The van der Waals surface area contributed by atoms with Crippen molar-refractivity contribution in [1.82, 2.24) is 25.3 Å². The number of carbonyl (C=O) groups is 3. The van der Waals surface area contributed by atoms with Gasteiger partial charge in [0.15, 0.2) is 11.5 Å². The molecule has 3 heterocycles. The van der Waals surface area contributed by atoms with Crippen molar-refractivity contribution < 1.29 is 18.9 Å². The average Bonchev–Trinajstić information content (AvgIpc) is 3.34. The maximum Gasteiger partial charge on any atom is 0.273 e. The van der Waals surface area contributed by atoms with E-state index in [0.717, 1.165) is 11.3 Å². The van der Waals surface area contributed by atoms with E-state index >= 15 is 0 Å². The van der Waals surface area contributed by atoms with E-state index in [1.165, 1.54) is 0 Å². The molecule has 0 saturated carbocycles. The number of nitrogens with zero attached hydrogens (tertiary/aromatic N) is 4. The lowest BCUT2D eigenvalue weighted by molar-refractivity contribution is -0.138. The lowest BCUT2D eigenvalue weighted by atomic mass is 10.1. The number of carbonyl (C=O) groups excluding carboxylic acids is 3. The highest BCUT2D eigenvalue weighted by molar-refractivity contribution is 5.95. The zero-order valence-electron chi connectivity index (χ0n) is 17.4. The van der Waals surface area contributed by atoms with E-state index in [1.54, 1.807) is 22.1 Å². The molecule has 1 fully saturated rings.